The topological polar surface area (TPSA) is 85.8 Å². The van der Waals surface area contributed by atoms with Gasteiger partial charge in [-0.1, -0.05) is 12.1 Å². The van der Waals surface area contributed by atoms with Crippen molar-refractivity contribution in [2.45, 2.75) is 13.5 Å². The Balaban J connectivity index is 1.94. The van der Waals surface area contributed by atoms with Gasteiger partial charge < -0.3 is 15.6 Å². The zero-order valence-corrected chi connectivity index (χ0v) is 12.5. The van der Waals surface area contributed by atoms with Crippen LogP contribution < -0.4 is 11.1 Å². The molecule has 0 bridgehead atoms. The molecule has 0 saturated heterocycles. The maximum atomic E-state index is 12.5. The summed E-state index contributed by atoms with van der Waals surface area (Å²) in [6.07, 6.45) is 3.53. The monoisotopic (exact) mass is 295 g/mol. The number of fused-ring (bicyclic) bond motifs is 1. The molecule has 112 valence electrons. The first-order chi connectivity index (χ1) is 10.6. The summed E-state index contributed by atoms with van der Waals surface area (Å²) in [5, 5.41) is 4.45. The maximum Gasteiger partial charge on any atom is 0.270 e. The normalized spacial score (nSPS) is 10.8. The zero-order chi connectivity index (χ0) is 15.7. The summed E-state index contributed by atoms with van der Waals surface area (Å²) in [5.74, 6) is 0.548. The van der Waals surface area contributed by atoms with E-state index in [0.717, 1.165) is 22.3 Å². The van der Waals surface area contributed by atoms with Crippen LogP contribution >= 0.6 is 0 Å². The van der Waals surface area contributed by atoms with Crippen molar-refractivity contribution in [3.8, 4) is 0 Å². The summed E-state index contributed by atoms with van der Waals surface area (Å²) in [5.41, 5.74) is 7.77. The van der Waals surface area contributed by atoms with Gasteiger partial charge in [-0.05, 0) is 19.1 Å². The quantitative estimate of drug-likeness (QED) is 0.721. The standard InChI is InChI=1S/C16H17N5O/c1-10-8-12-11(4-3-5-13(12)17)15(20-10)16(22)19-9-14-18-6-7-21(14)2/h3-8H,9,17H2,1-2H3,(H,19,22). The van der Waals surface area contributed by atoms with Crippen LogP contribution in [0.2, 0.25) is 0 Å². The van der Waals surface area contributed by atoms with Crippen LogP contribution in [-0.4, -0.2) is 20.4 Å². The van der Waals surface area contributed by atoms with E-state index in [1.165, 1.54) is 0 Å². The number of carbonyl (C=O) groups excluding carboxylic acids is 1. The third-order valence-electron chi connectivity index (χ3n) is 3.58. The van der Waals surface area contributed by atoms with E-state index in [-0.39, 0.29) is 5.91 Å². The average molecular weight is 295 g/mol. The number of benzene rings is 1. The van der Waals surface area contributed by atoms with Crippen molar-refractivity contribution in [3.05, 3.63) is 53.9 Å². The van der Waals surface area contributed by atoms with Gasteiger partial charge in [0.15, 0.2) is 0 Å². The number of nitrogens with one attached hydrogen (secondary N) is 1. The predicted octanol–water partition coefficient (Wildman–Crippen LogP) is 1.79. The summed E-state index contributed by atoms with van der Waals surface area (Å²) in [4.78, 5) is 21.0. The molecule has 0 aliphatic rings. The third kappa shape index (κ3) is 2.50. The largest absolute Gasteiger partial charge is 0.398 e. The Kier molecular flexibility index (Phi) is 3.50. The van der Waals surface area contributed by atoms with E-state index in [1.54, 1.807) is 6.20 Å². The minimum Gasteiger partial charge on any atom is -0.398 e. The first kappa shape index (κ1) is 14.1. The number of anilines is 1. The minimum absolute atomic E-state index is 0.234. The van der Waals surface area contributed by atoms with Crippen LogP contribution in [0.15, 0.2) is 36.7 Å². The molecular weight excluding hydrogens is 278 g/mol. The number of amides is 1. The smallest absolute Gasteiger partial charge is 0.270 e. The molecule has 2 aromatic heterocycles. The van der Waals surface area contributed by atoms with Crippen LogP contribution in [0.1, 0.15) is 22.0 Å². The summed E-state index contributed by atoms with van der Waals surface area (Å²) in [7, 11) is 1.88. The van der Waals surface area contributed by atoms with Crippen LogP contribution in [-0.2, 0) is 13.6 Å². The Morgan fingerprint density at radius 1 is 1.36 bits per heavy atom. The van der Waals surface area contributed by atoms with Gasteiger partial charge in [0.1, 0.15) is 11.5 Å². The lowest BCUT2D eigenvalue weighted by Crippen LogP contribution is -2.25. The lowest BCUT2D eigenvalue weighted by molar-refractivity contribution is 0.0946. The SMILES string of the molecule is Cc1cc2c(N)cccc2c(C(=O)NCc2nccn2C)n1. The van der Waals surface area contributed by atoms with Crippen molar-refractivity contribution in [2.75, 3.05) is 5.73 Å². The fourth-order valence-corrected chi connectivity index (χ4v) is 2.41. The van der Waals surface area contributed by atoms with Gasteiger partial charge in [-0.25, -0.2) is 9.97 Å². The molecule has 3 rings (SSSR count). The zero-order valence-electron chi connectivity index (χ0n) is 12.5. The predicted molar refractivity (Wildman–Crippen MR) is 85.3 cm³/mol. The van der Waals surface area contributed by atoms with E-state index in [2.05, 4.69) is 15.3 Å². The highest BCUT2D eigenvalue weighted by molar-refractivity contribution is 6.08. The van der Waals surface area contributed by atoms with E-state index in [9.17, 15) is 4.79 Å². The number of imidazole rings is 1. The lowest BCUT2D eigenvalue weighted by Gasteiger charge is -2.10. The molecule has 22 heavy (non-hydrogen) atoms. The summed E-state index contributed by atoms with van der Waals surface area (Å²) in [6, 6.07) is 7.38. The van der Waals surface area contributed by atoms with E-state index < -0.39 is 0 Å². The van der Waals surface area contributed by atoms with Crippen LogP contribution in [0.5, 0.6) is 0 Å². The van der Waals surface area contributed by atoms with Gasteiger partial charge in [-0.2, -0.15) is 0 Å². The molecule has 6 heteroatoms. The van der Waals surface area contributed by atoms with E-state index >= 15 is 0 Å². The molecule has 0 atom stereocenters. The molecule has 3 N–H and O–H groups in total. The second-order valence-corrected chi connectivity index (χ2v) is 5.19. The number of aromatic nitrogens is 3. The molecular formula is C16H17N5O. The summed E-state index contributed by atoms with van der Waals surface area (Å²) >= 11 is 0. The summed E-state index contributed by atoms with van der Waals surface area (Å²) in [6.45, 7) is 2.20. The van der Waals surface area contributed by atoms with Gasteiger partial charge in [-0.3, -0.25) is 4.79 Å². The molecule has 0 unspecified atom stereocenters. The van der Waals surface area contributed by atoms with Crippen molar-refractivity contribution >= 4 is 22.4 Å². The second kappa shape index (κ2) is 5.48. The van der Waals surface area contributed by atoms with E-state index in [0.29, 0.717) is 17.9 Å². The van der Waals surface area contributed by atoms with E-state index in [1.807, 2.05) is 49.0 Å². The maximum absolute atomic E-state index is 12.5. The number of nitrogens with two attached hydrogens (primary N) is 1. The highest BCUT2D eigenvalue weighted by atomic mass is 16.1. The Hall–Kier alpha value is -2.89. The number of aryl methyl sites for hydroxylation is 2. The Morgan fingerprint density at radius 2 is 2.18 bits per heavy atom. The van der Waals surface area contributed by atoms with Gasteiger partial charge in [0.2, 0.25) is 0 Å². The van der Waals surface area contributed by atoms with Gasteiger partial charge >= 0.3 is 0 Å². The Morgan fingerprint density at radius 3 is 2.91 bits per heavy atom. The van der Waals surface area contributed by atoms with Crippen molar-refractivity contribution in [1.82, 2.24) is 19.9 Å². The number of nitrogen functional groups attached to an aromatic ring is 1. The average Bonchev–Trinajstić information content (AvgIpc) is 2.90. The number of pyridine rings is 1. The molecule has 2 heterocycles. The number of carbonyl (C=O) groups is 1. The molecule has 0 aliphatic carbocycles. The molecule has 0 saturated carbocycles. The molecule has 1 aromatic carbocycles. The lowest BCUT2D eigenvalue weighted by atomic mass is 10.1. The minimum atomic E-state index is -0.234. The van der Waals surface area contributed by atoms with Crippen molar-refractivity contribution in [1.29, 1.82) is 0 Å². The fraction of sp³-hybridized carbons (Fsp3) is 0.188. The van der Waals surface area contributed by atoms with Crippen molar-refractivity contribution < 1.29 is 4.79 Å². The van der Waals surface area contributed by atoms with E-state index in [4.69, 9.17) is 5.73 Å². The van der Waals surface area contributed by atoms with Gasteiger partial charge in [0, 0.05) is 41.6 Å². The number of hydrogen-bond donors (Lipinski definition) is 2. The number of rotatable bonds is 3. The first-order valence-corrected chi connectivity index (χ1v) is 6.96. The molecule has 0 fully saturated rings. The highest BCUT2D eigenvalue weighted by Crippen LogP contribution is 2.24. The van der Waals surface area contributed by atoms with Gasteiger partial charge in [-0.15, -0.1) is 0 Å². The third-order valence-corrected chi connectivity index (χ3v) is 3.58. The van der Waals surface area contributed by atoms with Crippen LogP contribution in [0.25, 0.3) is 10.8 Å². The van der Waals surface area contributed by atoms with Crippen molar-refractivity contribution in [3.63, 3.8) is 0 Å². The molecule has 0 aliphatic heterocycles. The van der Waals surface area contributed by atoms with Crippen LogP contribution in [0.4, 0.5) is 5.69 Å². The fourth-order valence-electron chi connectivity index (χ4n) is 2.41. The van der Waals surface area contributed by atoms with Gasteiger partial charge in [0.25, 0.3) is 5.91 Å². The Labute approximate surface area is 128 Å². The van der Waals surface area contributed by atoms with Gasteiger partial charge in [0.05, 0.1) is 6.54 Å². The first-order valence-electron chi connectivity index (χ1n) is 6.96. The van der Waals surface area contributed by atoms with Crippen molar-refractivity contribution in [2.24, 2.45) is 7.05 Å². The highest BCUT2D eigenvalue weighted by Gasteiger charge is 2.14. The molecule has 3 aromatic rings. The molecule has 6 nitrogen and oxygen atoms in total. The molecule has 0 radical (unpaired) electrons. The molecule has 1 amide bonds. The Bertz CT molecular complexity index is 853. The van der Waals surface area contributed by atoms with Crippen LogP contribution in [0.3, 0.4) is 0 Å². The second-order valence-electron chi connectivity index (χ2n) is 5.19. The summed E-state index contributed by atoms with van der Waals surface area (Å²) < 4.78 is 1.86. The van der Waals surface area contributed by atoms with Crippen LogP contribution in [0, 0.1) is 6.92 Å². The number of nitrogens with zero attached hydrogens (tertiary/aromatic N) is 3. The molecule has 0 spiro atoms. The number of hydrogen-bond acceptors (Lipinski definition) is 4.